The normalized spacial score (nSPS) is 10.3. The molecule has 2 aromatic carbocycles. The highest BCUT2D eigenvalue weighted by Gasteiger charge is 2.15. The number of aryl methyl sites for hydroxylation is 1. The van der Waals surface area contributed by atoms with E-state index in [9.17, 15) is 0 Å². The van der Waals surface area contributed by atoms with E-state index in [4.69, 9.17) is 26.4 Å². The molecule has 0 bridgehead atoms. The Morgan fingerprint density at radius 2 is 1.61 bits per heavy atom. The Morgan fingerprint density at radius 3 is 2.29 bits per heavy atom. The van der Waals surface area contributed by atoms with Crippen molar-refractivity contribution in [1.82, 2.24) is 9.88 Å². The Bertz CT molecular complexity index is 1030. The van der Waals surface area contributed by atoms with Crippen molar-refractivity contribution >= 4 is 23.0 Å². The number of hydrogen-bond acceptors (Lipinski definition) is 5. The number of pyridine rings is 1. The van der Waals surface area contributed by atoms with Crippen LogP contribution >= 0.6 is 12.2 Å². The molecule has 6 nitrogen and oxygen atoms in total. The summed E-state index contributed by atoms with van der Waals surface area (Å²) >= 11 is 5.80. The van der Waals surface area contributed by atoms with E-state index in [1.165, 1.54) is 0 Å². The number of benzene rings is 2. The van der Waals surface area contributed by atoms with Crippen LogP contribution in [0.3, 0.4) is 0 Å². The summed E-state index contributed by atoms with van der Waals surface area (Å²) in [5.74, 6) is 2.11. The second-order valence-corrected chi connectivity index (χ2v) is 7.43. The van der Waals surface area contributed by atoms with Crippen molar-refractivity contribution in [2.75, 3.05) is 26.6 Å². The van der Waals surface area contributed by atoms with Gasteiger partial charge in [0.25, 0.3) is 0 Å². The minimum absolute atomic E-state index is 0.579. The van der Waals surface area contributed by atoms with Gasteiger partial charge in [-0.3, -0.25) is 4.98 Å². The van der Waals surface area contributed by atoms with E-state index in [0.717, 1.165) is 28.1 Å². The van der Waals surface area contributed by atoms with Crippen LogP contribution in [-0.2, 0) is 13.1 Å². The third-order valence-corrected chi connectivity index (χ3v) is 5.16. The quantitative estimate of drug-likeness (QED) is 0.507. The molecule has 0 atom stereocenters. The Balaban J connectivity index is 1.87. The van der Waals surface area contributed by atoms with Gasteiger partial charge in [-0.25, -0.2) is 0 Å². The fraction of sp³-hybridized carbons (Fsp3) is 0.250. The van der Waals surface area contributed by atoms with Gasteiger partial charge >= 0.3 is 0 Å². The van der Waals surface area contributed by atoms with Crippen LogP contribution in [0.25, 0.3) is 0 Å². The largest absolute Gasteiger partial charge is 0.495 e. The lowest BCUT2D eigenvalue weighted by Gasteiger charge is -2.27. The van der Waals surface area contributed by atoms with Crippen molar-refractivity contribution in [2.45, 2.75) is 20.0 Å². The van der Waals surface area contributed by atoms with E-state index >= 15 is 0 Å². The smallest absolute Gasteiger partial charge is 0.174 e. The predicted octanol–water partition coefficient (Wildman–Crippen LogP) is 4.82. The second-order valence-electron chi connectivity index (χ2n) is 7.04. The average molecular weight is 438 g/mol. The first-order valence-electron chi connectivity index (χ1n) is 9.84. The van der Waals surface area contributed by atoms with Crippen LogP contribution in [-0.4, -0.2) is 36.3 Å². The minimum Gasteiger partial charge on any atom is -0.495 e. The number of hydrogen-bond donors (Lipinski definition) is 1. The van der Waals surface area contributed by atoms with Crippen molar-refractivity contribution in [3.8, 4) is 17.2 Å². The van der Waals surface area contributed by atoms with E-state index in [0.29, 0.717) is 29.7 Å². The molecule has 0 aliphatic rings. The fourth-order valence-corrected chi connectivity index (χ4v) is 3.46. The minimum atomic E-state index is 0.579. The maximum Gasteiger partial charge on any atom is 0.174 e. The lowest BCUT2D eigenvalue weighted by Crippen LogP contribution is -2.34. The van der Waals surface area contributed by atoms with Crippen molar-refractivity contribution < 1.29 is 14.2 Å². The first-order valence-corrected chi connectivity index (χ1v) is 10.2. The van der Waals surface area contributed by atoms with Gasteiger partial charge < -0.3 is 24.4 Å². The summed E-state index contributed by atoms with van der Waals surface area (Å²) in [5.41, 5.74) is 4.05. The van der Waals surface area contributed by atoms with Crippen LogP contribution in [0.5, 0.6) is 17.2 Å². The molecule has 1 heterocycles. The Morgan fingerprint density at radius 1 is 0.903 bits per heavy atom. The van der Waals surface area contributed by atoms with Crippen LogP contribution in [0.2, 0.25) is 0 Å². The molecule has 0 saturated heterocycles. The first kappa shape index (κ1) is 22.4. The summed E-state index contributed by atoms with van der Waals surface area (Å²) in [6.45, 7) is 3.21. The standard InChI is InChI=1S/C24H27N3O3S/c1-17-7-9-21(28-2)20(12-17)26-24(31)27(16-19-6-5-11-25-14-19)15-18-8-10-22(29-3)23(13-18)30-4/h5-14H,15-16H2,1-4H3,(H,26,31). The molecule has 0 radical (unpaired) electrons. The molecule has 0 amide bonds. The van der Waals surface area contributed by atoms with Crippen LogP contribution in [0.15, 0.2) is 60.9 Å². The number of methoxy groups -OCH3 is 3. The van der Waals surface area contributed by atoms with Gasteiger partial charge in [-0.05, 0) is 66.2 Å². The summed E-state index contributed by atoms with van der Waals surface area (Å²) in [6, 6.07) is 15.8. The molecule has 1 aromatic heterocycles. The van der Waals surface area contributed by atoms with Gasteiger partial charge in [0.05, 0.1) is 27.0 Å². The number of nitrogens with one attached hydrogen (secondary N) is 1. The molecule has 3 aromatic rings. The summed E-state index contributed by atoms with van der Waals surface area (Å²) in [4.78, 5) is 6.31. The van der Waals surface area contributed by atoms with Crippen LogP contribution in [0.1, 0.15) is 16.7 Å². The molecule has 0 unspecified atom stereocenters. The van der Waals surface area contributed by atoms with Crippen molar-refractivity contribution in [1.29, 1.82) is 0 Å². The lowest BCUT2D eigenvalue weighted by atomic mass is 10.1. The topological polar surface area (TPSA) is 55.9 Å². The molecule has 0 aliphatic heterocycles. The lowest BCUT2D eigenvalue weighted by molar-refractivity contribution is 0.352. The van der Waals surface area contributed by atoms with E-state index < -0.39 is 0 Å². The van der Waals surface area contributed by atoms with Crippen molar-refractivity contribution in [3.63, 3.8) is 0 Å². The summed E-state index contributed by atoms with van der Waals surface area (Å²) in [6.07, 6.45) is 3.60. The maximum absolute atomic E-state index is 5.80. The van der Waals surface area contributed by atoms with Gasteiger partial charge in [-0.15, -0.1) is 0 Å². The average Bonchev–Trinajstić information content (AvgIpc) is 2.79. The SMILES string of the molecule is COc1ccc(C)cc1NC(=S)N(Cc1cccnc1)Cc1ccc(OC)c(OC)c1. The van der Waals surface area contributed by atoms with E-state index in [1.54, 1.807) is 27.5 Å². The molecule has 0 saturated carbocycles. The summed E-state index contributed by atoms with van der Waals surface area (Å²) < 4.78 is 16.3. The molecule has 0 fully saturated rings. The fourth-order valence-electron chi connectivity index (χ4n) is 3.22. The molecule has 162 valence electrons. The zero-order valence-corrected chi connectivity index (χ0v) is 19.0. The molecule has 0 aliphatic carbocycles. The highest BCUT2D eigenvalue weighted by atomic mass is 32.1. The van der Waals surface area contributed by atoms with Gasteiger partial charge in [0.2, 0.25) is 0 Å². The molecule has 0 spiro atoms. The van der Waals surface area contributed by atoms with E-state index in [-0.39, 0.29) is 0 Å². The number of thiocarbonyl (C=S) groups is 1. The third kappa shape index (κ3) is 5.86. The Labute approximate surface area is 188 Å². The highest BCUT2D eigenvalue weighted by molar-refractivity contribution is 7.80. The van der Waals surface area contributed by atoms with Gasteiger partial charge in [0.1, 0.15) is 5.75 Å². The number of ether oxygens (including phenoxy) is 3. The summed E-state index contributed by atoms with van der Waals surface area (Å²) in [7, 11) is 4.90. The first-order chi connectivity index (χ1) is 15.0. The molecule has 31 heavy (non-hydrogen) atoms. The second kappa shape index (κ2) is 10.6. The maximum atomic E-state index is 5.80. The predicted molar refractivity (Wildman–Crippen MR) is 127 cm³/mol. The van der Waals surface area contributed by atoms with Gasteiger partial charge in [0.15, 0.2) is 16.6 Å². The molecule has 1 N–H and O–H groups in total. The van der Waals surface area contributed by atoms with Gasteiger partial charge in [0, 0.05) is 25.5 Å². The number of rotatable bonds is 8. The van der Waals surface area contributed by atoms with Crippen molar-refractivity contribution in [3.05, 3.63) is 77.6 Å². The third-order valence-electron chi connectivity index (χ3n) is 4.80. The Hall–Kier alpha value is -3.32. The van der Waals surface area contributed by atoms with E-state index in [2.05, 4.69) is 15.2 Å². The summed E-state index contributed by atoms with van der Waals surface area (Å²) in [5, 5.41) is 3.94. The zero-order chi connectivity index (χ0) is 22.2. The number of aromatic nitrogens is 1. The molecule has 7 heteroatoms. The van der Waals surface area contributed by atoms with Crippen LogP contribution in [0, 0.1) is 6.92 Å². The van der Waals surface area contributed by atoms with Gasteiger partial charge in [-0.2, -0.15) is 0 Å². The monoisotopic (exact) mass is 437 g/mol. The zero-order valence-electron chi connectivity index (χ0n) is 18.2. The van der Waals surface area contributed by atoms with Crippen LogP contribution in [0.4, 0.5) is 5.69 Å². The number of anilines is 1. The van der Waals surface area contributed by atoms with Crippen LogP contribution < -0.4 is 19.5 Å². The highest BCUT2D eigenvalue weighted by Crippen LogP contribution is 2.29. The van der Waals surface area contributed by atoms with Crippen molar-refractivity contribution in [2.24, 2.45) is 0 Å². The number of nitrogens with zero attached hydrogens (tertiary/aromatic N) is 2. The molecular formula is C24H27N3O3S. The molecule has 3 rings (SSSR count). The van der Waals surface area contributed by atoms with Gasteiger partial charge in [-0.1, -0.05) is 18.2 Å². The Kier molecular flexibility index (Phi) is 7.67. The molecular weight excluding hydrogens is 410 g/mol. The van der Waals surface area contributed by atoms with E-state index in [1.807, 2.05) is 61.7 Å².